The van der Waals surface area contributed by atoms with Crippen molar-refractivity contribution in [1.29, 1.82) is 0 Å². The number of rotatable bonds is 8. The number of piperidine rings is 1. The van der Waals surface area contributed by atoms with Gasteiger partial charge in [-0.25, -0.2) is 0 Å². The van der Waals surface area contributed by atoms with Crippen molar-refractivity contribution in [3.8, 4) is 5.75 Å². The smallest absolute Gasteiger partial charge is 0.119 e. The Labute approximate surface area is 128 Å². The minimum Gasteiger partial charge on any atom is -0.497 e. The molecule has 0 bridgehead atoms. The van der Waals surface area contributed by atoms with Crippen LogP contribution in [0.25, 0.3) is 6.08 Å². The van der Waals surface area contributed by atoms with Crippen molar-refractivity contribution < 1.29 is 9.47 Å². The van der Waals surface area contributed by atoms with E-state index in [1.54, 1.807) is 7.11 Å². The van der Waals surface area contributed by atoms with Crippen LogP contribution in [0.5, 0.6) is 5.75 Å². The fourth-order valence-electron chi connectivity index (χ4n) is 2.65. The van der Waals surface area contributed by atoms with Gasteiger partial charge in [-0.15, -0.1) is 0 Å². The molecule has 116 valence electrons. The fraction of sp³-hybridized carbons (Fsp3) is 0.556. The average molecular weight is 289 g/mol. The fourth-order valence-corrected chi connectivity index (χ4v) is 2.65. The third kappa shape index (κ3) is 6.32. The molecule has 0 saturated carbocycles. The lowest BCUT2D eigenvalue weighted by Gasteiger charge is -2.26. The van der Waals surface area contributed by atoms with Crippen LogP contribution in [0.4, 0.5) is 0 Å². The number of benzene rings is 1. The second kappa shape index (κ2) is 9.59. The third-order valence-electron chi connectivity index (χ3n) is 3.83. The van der Waals surface area contributed by atoms with Gasteiger partial charge in [0.05, 0.1) is 13.7 Å². The van der Waals surface area contributed by atoms with E-state index in [2.05, 4.69) is 23.1 Å². The molecule has 1 fully saturated rings. The van der Waals surface area contributed by atoms with Gasteiger partial charge in [-0.1, -0.05) is 30.7 Å². The molecule has 1 aliphatic heterocycles. The van der Waals surface area contributed by atoms with Crippen LogP contribution in [0.3, 0.4) is 0 Å². The van der Waals surface area contributed by atoms with Crippen molar-refractivity contribution in [2.75, 3.05) is 40.0 Å². The van der Waals surface area contributed by atoms with Crippen molar-refractivity contribution in [1.82, 2.24) is 4.90 Å². The molecule has 0 aromatic heterocycles. The second-order valence-electron chi connectivity index (χ2n) is 5.51. The van der Waals surface area contributed by atoms with Crippen LogP contribution in [0.1, 0.15) is 31.2 Å². The standard InChI is InChI=1S/C18H27NO2/c1-20-18-10-5-8-17(16-18)9-6-14-21-15-7-13-19-11-3-2-4-12-19/h5-6,8-10,16H,2-4,7,11-15H2,1H3. The molecule has 0 spiro atoms. The highest BCUT2D eigenvalue weighted by Crippen LogP contribution is 2.13. The zero-order valence-electron chi connectivity index (χ0n) is 13.1. The maximum Gasteiger partial charge on any atom is 0.119 e. The number of methoxy groups -OCH3 is 1. The van der Waals surface area contributed by atoms with Crippen LogP contribution in [0.15, 0.2) is 30.3 Å². The lowest BCUT2D eigenvalue weighted by atomic mass is 10.1. The van der Waals surface area contributed by atoms with Crippen LogP contribution in [0, 0.1) is 0 Å². The molecule has 1 aliphatic rings. The van der Waals surface area contributed by atoms with Crippen LogP contribution in [-0.2, 0) is 4.74 Å². The summed E-state index contributed by atoms with van der Waals surface area (Å²) in [7, 11) is 1.69. The van der Waals surface area contributed by atoms with Gasteiger partial charge in [0, 0.05) is 13.2 Å². The van der Waals surface area contributed by atoms with Gasteiger partial charge in [0.2, 0.25) is 0 Å². The summed E-state index contributed by atoms with van der Waals surface area (Å²) in [6, 6.07) is 8.04. The number of hydrogen-bond acceptors (Lipinski definition) is 3. The number of nitrogens with zero attached hydrogens (tertiary/aromatic N) is 1. The van der Waals surface area contributed by atoms with Gasteiger partial charge in [0.1, 0.15) is 5.75 Å². The van der Waals surface area contributed by atoms with Crippen molar-refractivity contribution in [3.63, 3.8) is 0 Å². The second-order valence-corrected chi connectivity index (χ2v) is 5.51. The first kappa shape index (κ1) is 16.1. The first-order valence-electron chi connectivity index (χ1n) is 7.99. The van der Waals surface area contributed by atoms with Gasteiger partial charge in [-0.3, -0.25) is 0 Å². The summed E-state index contributed by atoms with van der Waals surface area (Å²) in [4.78, 5) is 2.55. The molecule has 0 aliphatic carbocycles. The quantitative estimate of drug-likeness (QED) is 0.683. The van der Waals surface area contributed by atoms with Crippen molar-refractivity contribution in [3.05, 3.63) is 35.9 Å². The summed E-state index contributed by atoms with van der Waals surface area (Å²) >= 11 is 0. The Bertz CT molecular complexity index is 425. The summed E-state index contributed by atoms with van der Waals surface area (Å²) in [5.41, 5.74) is 1.14. The van der Waals surface area contributed by atoms with E-state index in [0.717, 1.165) is 24.3 Å². The Morgan fingerprint density at radius 1 is 1.19 bits per heavy atom. The minimum atomic E-state index is 0.678. The predicted octanol–water partition coefficient (Wildman–Crippen LogP) is 3.60. The Morgan fingerprint density at radius 2 is 2.05 bits per heavy atom. The van der Waals surface area contributed by atoms with Gasteiger partial charge in [-0.2, -0.15) is 0 Å². The van der Waals surface area contributed by atoms with E-state index in [0.29, 0.717) is 6.61 Å². The van der Waals surface area contributed by atoms with Crippen molar-refractivity contribution in [2.45, 2.75) is 25.7 Å². The molecule has 0 amide bonds. The molecule has 0 unspecified atom stereocenters. The highest BCUT2D eigenvalue weighted by atomic mass is 16.5. The maximum absolute atomic E-state index is 5.66. The molecule has 0 atom stereocenters. The van der Waals surface area contributed by atoms with Crippen LogP contribution in [0.2, 0.25) is 0 Å². The lowest BCUT2D eigenvalue weighted by molar-refractivity contribution is 0.138. The van der Waals surface area contributed by atoms with Crippen LogP contribution < -0.4 is 4.74 Å². The molecular formula is C18H27NO2. The van der Waals surface area contributed by atoms with Crippen LogP contribution in [-0.4, -0.2) is 44.9 Å². The summed E-state index contributed by atoms with van der Waals surface area (Å²) < 4.78 is 10.9. The van der Waals surface area contributed by atoms with Crippen molar-refractivity contribution in [2.24, 2.45) is 0 Å². The van der Waals surface area contributed by atoms with E-state index in [-0.39, 0.29) is 0 Å². The normalized spacial score (nSPS) is 16.4. The Kier molecular flexibility index (Phi) is 7.33. The lowest BCUT2D eigenvalue weighted by Crippen LogP contribution is -2.31. The molecular weight excluding hydrogens is 262 g/mol. The highest BCUT2D eigenvalue weighted by molar-refractivity contribution is 5.51. The zero-order valence-corrected chi connectivity index (χ0v) is 13.1. The van der Waals surface area contributed by atoms with E-state index >= 15 is 0 Å². The minimum absolute atomic E-state index is 0.678. The third-order valence-corrected chi connectivity index (χ3v) is 3.83. The molecule has 1 heterocycles. The Hall–Kier alpha value is -1.32. The number of hydrogen-bond donors (Lipinski definition) is 0. The largest absolute Gasteiger partial charge is 0.497 e. The molecule has 1 aromatic rings. The summed E-state index contributed by atoms with van der Waals surface area (Å²) in [5, 5.41) is 0. The van der Waals surface area contributed by atoms with E-state index in [4.69, 9.17) is 9.47 Å². The van der Waals surface area contributed by atoms with Gasteiger partial charge in [-0.05, 0) is 50.0 Å². The van der Waals surface area contributed by atoms with Crippen molar-refractivity contribution >= 4 is 6.08 Å². The monoisotopic (exact) mass is 289 g/mol. The maximum atomic E-state index is 5.66. The molecule has 3 heteroatoms. The molecule has 3 nitrogen and oxygen atoms in total. The van der Waals surface area contributed by atoms with Gasteiger partial charge in [0.15, 0.2) is 0 Å². The van der Waals surface area contributed by atoms with Gasteiger partial charge in [0.25, 0.3) is 0 Å². The Morgan fingerprint density at radius 3 is 2.86 bits per heavy atom. The van der Waals surface area contributed by atoms with Gasteiger partial charge >= 0.3 is 0 Å². The predicted molar refractivity (Wildman–Crippen MR) is 87.8 cm³/mol. The van der Waals surface area contributed by atoms with E-state index in [9.17, 15) is 0 Å². The first-order chi connectivity index (χ1) is 10.4. The Balaban J connectivity index is 1.55. The van der Waals surface area contributed by atoms with E-state index in [1.807, 2.05) is 18.2 Å². The van der Waals surface area contributed by atoms with E-state index in [1.165, 1.54) is 38.9 Å². The molecule has 21 heavy (non-hydrogen) atoms. The molecule has 1 aromatic carbocycles. The molecule has 2 rings (SSSR count). The topological polar surface area (TPSA) is 21.7 Å². The SMILES string of the molecule is COc1cccc(C=CCOCCCN2CCCCC2)c1. The number of ether oxygens (including phenoxy) is 2. The number of likely N-dealkylation sites (tertiary alicyclic amines) is 1. The van der Waals surface area contributed by atoms with Crippen LogP contribution >= 0.6 is 0 Å². The summed E-state index contributed by atoms with van der Waals surface area (Å²) in [5.74, 6) is 0.889. The molecule has 0 N–H and O–H groups in total. The first-order valence-corrected chi connectivity index (χ1v) is 7.99. The average Bonchev–Trinajstić information content (AvgIpc) is 2.55. The zero-order chi connectivity index (χ0) is 14.8. The van der Waals surface area contributed by atoms with Gasteiger partial charge < -0.3 is 14.4 Å². The highest BCUT2D eigenvalue weighted by Gasteiger charge is 2.08. The summed E-state index contributed by atoms with van der Waals surface area (Å²) in [6.07, 6.45) is 9.41. The molecule has 1 saturated heterocycles. The van der Waals surface area contributed by atoms with E-state index < -0.39 is 0 Å². The molecule has 0 radical (unpaired) electrons. The summed E-state index contributed by atoms with van der Waals surface area (Å²) in [6.45, 7) is 5.25.